The summed E-state index contributed by atoms with van der Waals surface area (Å²) < 4.78 is 0. The van der Waals surface area contributed by atoms with Crippen molar-refractivity contribution in [3.05, 3.63) is 0 Å². The fourth-order valence-electron chi connectivity index (χ4n) is 1.13. The van der Waals surface area contributed by atoms with Crippen molar-refractivity contribution in [3.8, 4) is 0 Å². The molecule has 0 aromatic carbocycles. The highest BCUT2D eigenvalue weighted by molar-refractivity contribution is 5.90. The molecule has 15 heavy (non-hydrogen) atoms. The Morgan fingerprint density at radius 3 is 2.40 bits per heavy atom. The van der Waals surface area contributed by atoms with E-state index >= 15 is 0 Å². The predicted molar refractivity (Wildman–Crippen MR) is 58.0 cm³/mol. The van der Waals surface area contributed by atoms with Gasteiger partial charge >= 0.3 is 0 Å². The van der Waals surface area contributed by atoms with E-state index in [1.807, 2.05) is 6.92 Å². The monoisotopic (exact) mass is 219 g/mol. The first kappa shape index (κ1) is 14.5. The lowest BCUT2D eigenvalue weighted by Gasteiger charge is -2.17. The lowest BCUT2D eigenvalue weighted by Crippen LogP contribution is -2.36. The van der Waals surface area contributed by atoms with Crippen molar-refractivity contribution in [1.82, 2.24) is 0 Å². The second-order valence-electron chi connectivity index (χ2n) is 3.41. The molecule has 0 fully saturated rings. The van der Waals surface area contributed by atoms with Crippen molar-refractivity contribution in [2.45, 2.75) is 38.4 Å². The molecule has 0 rings (SSSR count). The molecule has 0 saturated carbocycles. The Morgan fingerprint density at radius 2 is 1.93 bits per heavy atom. The van der Waals surface area contributed by atoms with E-state index in [4.69, 9.17) is 10.2 Å². The summed E-state index contributed by atoms with van der Waals surface area (Å²) in [5.74, 6) is 0. The third-order valence-corrected chi connectivity index (χ3v) is 2.12. The summed E-state index contributed by atoms with van der Waals surface area (Å²) in [6.45, 7) is 1.99. The van der Waals surface area contributed by atoms with Crippen molar-refractivity contribution in [2.24, 2.45) is 4.99 Å². The first-order valence-corrected chi connectivity index (χ1v) is 5.28. The molecule has 0 saturated heterocycles. The summed E-state index contributed by atoms with van der Waals surface area (Å²) in [6.07, 6.45) is -0.306. The quantitative estimate of drug-likeness (QED) is 0.321. The smallest absolute Gasteiger partial charge is 0.120 e. The van der Waals surface area contributed by atoms with Gasteiger partial charge in [0.2, 0.25) is 0 Å². The Hall–Kier alpha value is -0.490. The van der Waals surface area contributed by atoms with E-state index < -0.39 is 12.2 Å². The predicted octanol–water partition coefficient (Wildman–Crippen LogP) is -0.676. The van der Waals surface area contributed by atoms with Gasteiger partial charge in [0.05, 0.1) is 18.4 Å². The summed E-state index contributed by atoms with van der Waals surface area (Å²) in [5, 5.41) is 36.5. The number of aliphatic hydroxyl groups excluding tert-OH is 4. The highest BCUT2D eigenvalue weighted by Gasteiger charge is 2.20. The molecule has 4 N–H and O–H groups in total. The van der Waals surface area contributed by atoms with Crippen LogP contribution in [0, 0.1) is 0 Å². The van der Waals surface area contributed by atoms with Gasteiger partial charge in [-0.1, -0.05) is 13.3 Å². The summed E-state index contributed by atoms with van der Waals surface area (Å²) in [4.78, 5) is 4.01. The van der Waals surface area contributed by atoms with E-state index in [1.165, 1.54) is 0 Å². The van der Waals surface area contributed by atoms with E-state index in [1.54, 1.807) is 0 Å². The van der Waals surface area contributed by atoms with Crippen molar-refractivity contribution < 1.29 is 20.4 Å². The van der Waals surface area contributed by atoms with Gasteiger partial charge in [-0.3, -0.25) is 4.99 Å². The van der Waals surface area contributed by atoms with Crippen LogP contribution in [-0.4, -0.2) is 58.1 Å². The zero-order chi connectivity index (χ0) is 11.7. The van der Waals surface area contributed by atoms with Gasteiger partial charge in [-0.25, -0.2) is 0 Å². The summed E-state index contributed by atoms with van der Waals surface area (Å²) in [5.41, 5.74) is 0.185. The van der Waals surface area contributed by atoms with Gasteiger partial charge < -0.3 is 20.4 Å². The maximum atomic E-state index is 9.56. The number of rotatable bonds is 8. The zero-order valence-electron chi connectivity index (χ0n) is 9.13. The van der Waals surface area contributed by atoms with Crippen LogP contribution < -0.4 is 0 Å². The minimum atomic E-state index is -1.18. The molecule has 2 atom stereocenters. The zero-order valence-corrected chi connectivity index (χ0v) is 9.13. The van der Waals surface area contributed by atoms with Crippen LogP contribution >= 0.6 is 0 Å². The molecule has 0 aliphatic heterocycles. The largest absolute Gasteiger partial charge is 0.396 e. The lowest BCUT2D eigenvalue weighted by atomic mass is 10.1. The summed E-state index contributed by atoms with van der Waals surface area (Å²) in [7, 11) is 0. The van der Waals surface area contributed by atoms with Gasteiger partial charge in [0.15, 0.2) is 0 Å². The molecule has 5 heteroatoms. The maximum absolute atomic E-state index is 9.56. The fraction of sp³-hybridized carbons (Fsp3) is 0.900. The Balaban J connectivity index is 4.18. The van der Waals surface area contributed by atoms with Crippen LogP contribution in [0.2, 0.25) is 0 Å². The van der Waals surface area contributed by atoms with Gasteiger partial charge in [0.1, 0.15) is 6.10 Å². The topological polar surface area (TPSA) is 93.3 Å². The van der Waals surface area contributed by atoms with Crippen LogP contribution in [0.1, 0.15) is 26.2 Å². The van der Waals surface area contributed by atoms with Crippen LogP contribution in [0.5, 0.6) is 0 Å². The van der Waals surface area contributed by atoms with E-state index in [2.05, 4.69) is 4.99 Å². The molecule has 0 aliphatic rings. The molecule has 0 radical (unpaired) electrons. The van der Waals surface area contributed by atoms with Crippen molar-refractivity contribution >= 4 is 5.71 Å². The second-order valence-corrected chi connectivity index (χ2v) is 3.41. The van der Waals surface area contributed by atoms with E-state index in [9.17, 15) is 10.2 Å². The number of aliphatic imine (C=N–C) groups is 1. The first-order valence-electron chi connectivity index (χ1n) is 5.28. The van der Waals surface area contributed by atoms with Gasteiger partial charge in [0.25, 0.3) is 0 Å². The second kappa shape index (κ2) is 8.79. The number of hydrogen-bond donors (Lipinski definition) is 4. The van der Waals surface area contributed by atoms with Crippen molar-refractivity contribution in [2.75, 3.05) is 19.8 Å². The first-order chi connectivity index (χ1) is 7.17. The van der Waals surface area contributed by atoms with Crippen LogP contribution in [0.25, 0.3) is 0 Å². The fourth-order valence-corrected chi connectivity index (χ4v) is 1.13. The Morgan fingerprint density at radius 1 is 1.27 bits per heavy atom. The molecule has 0 heterocycles. The molecule has 0 aromatic rings. The molecule has 0 aromatic heterocycles. The van der Waals surface area contributed by atoms with E-state index in [-0.39, 0.29) is 25.3 Å². The van der Waals surface area contributed by atoms with E-state index in [0.717, 1.165) is 12.8 Å². The van der Waals surface area contributed by atoms with Gasteiger partial charge in [-0.05, 0) is 12.8 Å². The number of unbranched alkanes of at least 4 members (excludes halogenated alkanes) is 1. The summed E-state index contributed by atoms with van der Waals surface area (Å²) >= 11 is 0. The van der Waals surface area contributed by atoms with Gasteiger partial charge in [-0.15, -0.1) is 0 Å². The average Bonchev–Trinajstić information content (AvgIpc) is 2.24. The van der Waals surface area contributed by atoms with Gasteiger partial charge in [0, 0.05) is 13.2 Å². The van der Waals surface area contributed by atoms with E-state index in [0.29, 0.717) is 6.54 Å². The summed E-state index contributed by atoms with van der Waals surface area (Å²) in [6, 6.07) is 0. The number of nitrogens with zero attached hydrogens (tertiary/aromatic N) is 1. The van der Waals surface area contributed by atoms with Crippen LogP contribution in [0.4, 0.5) is 0 Å². The molecular weight excluding hydrogens is 198 g/mol. The van der Waals surface area contributed by atoms with Crippen molar-refractivity contribution in [1.29, 1.82) is 0 Å². The molecule has 0 amide bonds. The third-order valence-electron chi connectivity index (χ3n) is 2.12. The van der Waals surface area contributed by atoms with Crippen LogP contribution in [-0.2, 0) is 0 Å². The number of hydrogen-bond acceptors (Lipinski definition) is 5. The maximum Gasteiger partial charge on any atom is 0.120 e. The Labute approximate surface area is 90.1 Å². The lowest BCUT2D eigenvalue weighted by molar-refractivity contribution is 0.0391. The normalized spacial score (nSPS) is 16.5. The number of aliphatic hydroxyl groups is 4. The molecule has 0 unspecified atom stereocenters. The molecule has 0 bridgehead atoms. The van der Waals surface area contributed by atoms with Crippen molar-refractivity contribution in [3.63, 3.8) is 0 Å². The standard InChI is InChI=1S/C10H21NO4/c1-2-3-5-11-8(7-13)10(15)9(14)4-6-12/h9-10,12-15H,2-7H2,1H3/t9-,10-/m1/s1. The highest BCUT2D eigenvalue weighted by atomic mass is 16.3. The van der Waals surface area contributed by atoms with Crippen LogP contribution in [0.15, 0.2) is 4.99 Å². The molecule has 90 valence electrons. The Kier molecular flexibility index (Phi) is 8.50. The SMILES string of the molecule is CCCCN=C(CO)[C@@H](O)[C@H](O)CCO. The van der Waals surface area contributed by atoms with Crippen LogP contribution in [0.3, 0.4) is 0 Å². The minimum absolute atomic E-state index is 0.0773. The average molecular weight is 219 g/mol. The minimum Gasteiger partial charge on any atom is -0.396 e. The molecule has 0 aliphatic carbocycles. The molecular formula is C10H21NO4. The molecule has 0 spiro atoms. The highest BCUT2D eigenvalue weighted by Crippen LogP contribution is 2.02. The van der Waals surface area contributed by atoms with Gasteiger partial charge in [-0.2, -0.15) is 0 Å². The third kappa shape index (κ3) is 5.84. The molecule has 5 nitrogen and oxygen atoms in total. The Bertz CT molecular complexity index is 184.